The molecule has 0 radical (unpaired) electrons. The highest BCUT2D eigenvalue weighted by atomic mass is 35.5. The Kier molecular flexibility index (Phi) is 4.62. The van der Waals surface area contributed by atoms with Crippen molar-refractivity contribution in [3.8, 4) is 0 Å². The molecule has 0 amide bonds. The molecule has 0 fully saturated rings. The average molecular weight is 301 g/mol. The van der Waals surface area contributed by atoms with E-state index in [2.05, 4.69) is 24.1 Å². The highest BCUT2D eigenvalue weighted by molar-refractivity contribution is 7.11. The lowest BCUT2D eigenvalue weighted by Crippen LogP contribution is -2.18. The van der Waals surface area contributed by atoms with Gasteiger partial charge in [0.1, 0.15) is 5.01 Å². The Hall–Kier alpha value is -0.610. The van der Waals surface area contributed by atoms with Crippen molar-refractivity contribution in [2.24, 2.45) is 0 Å². The molecule has 5 heteroatoms. The van der Waals surface area contributed by atoms with Gasteiger partial charge in [0.15, 0.2) is 0 Å². The largest absolute Gasteiger partial charge is 0.304 e. The van der Waals surface area contributed by atoms with Gasteiger partial charge in [-0.15, -0.1) is 11.3 Å². The molecule has 1 unspecified atom stereocenters. The lowest BCUT2D eigenvalue weighted by atomic mass is 10.2. The average Bonchev–Trinajstić information content (AvgIpc) is 2.75. The third-order valence-electron chi connectivity index (χ3n) is 2.66. The zero-order chi connectivity index (χ0) is 13.1. The van der Waals surface area contributed by atoms with Crippen molar-refractivity contribution in [1.82, 2.24) is 10.3 Å². The van der Waals surface area contributed by atoms with Gasteiger partial charge in [-0.3, -0.25) is 0 Å². The summed E-state index contributed by atoms with van der Waals surface area (Å²) in [7, 11) is 0. The van der Waals surface area contributed by atoms with Gasteiger partial charge in [-0.05, 0) is 26.0 Å². The van der Waals surface area contributed by atoms with E-state index in [1.807, 2.05) is 24.4 Å². The molecule has 1 atom stereocenters. The normalized spacial score (nSPS) is 12.7. The highest BCUT2D eigenvalue weighted by Gasteiger charge is 2.11. The van der Waals surface area contributed by atoms with Crippen molar-refractivity contribution >= 4 is 34.5 Å². The fraction of sp³-hybridized carbons (Fsp3) is 0.308. The van der Waals surface area contributed by atoms with E-state index in [1.54, 1.807) is 11.3 Å². The van der Waals surface area contributed by atoms with E-state index < -0.39 is 0 Å². The zero-order valence-electron chi connectivity index (χ0n) is 10.2. The summed E-state index contributed by atoms with van der Waals surface area (Å²) in [6.45, 7) is 4.78. The highest BCUT2D eigenvalue weighted by Crippen LogP contribution is 2.25. The first-order chi connectivity index (χ1) is 8.58. The fourth-order valence-corrected chi connectivity index (χ4v) is 2.95. The molecule has 0 saturated heterocycles. The van der Waals surface area contributed by atoms with Crippen LogP contribution in [0.1, 0.15) is 28.4 Å². The topological polar surface area (TPSA) is 24.9 Å². The third-order valence-corrected chi connectivity index (χ3v) is 4.46. The van der Waals surface area contributed by atoms with Crippen molar-refractivity contribution in [3.63, 3.8) is 0 Å². The molecule has 2 aromatic rings. The number of thiazole rings is 1. The molecular weight excluding hydrogens is 287 g/mol. The van der Waals surface area contributed by atoms with Crippen LogP contribution in [0.15, 0.2) is 24.4 Å². The predicted molar refractivity (Wildman–Crippen MR) is 78.6 cm³/mol. The smallest absolute Gasteiger partial charge is 0.109 e. The zero-order valence-corrected chi connectivity index (χ0v) is 12.5. The summed E-state index contributed by atoms with van der Waals surface area (Å²) in [5.41, 5.74) is 0.931. The minimum Gasteiger partial charge on any atom is -0.304 e. The lowest BCUT2D eigenvalue weighted by molar-refractivity contribution is 0.572. The quantitative estimate of drug-likeness (QED) is 0.892. The molecule has 1 N–H and O–H groups in total. The van der Waals surface area contributed by atoms with Crippen LogP contribution >= 0.6 is 34.5 Å². The van der Waals surface area contributed by atoms with Crippen LogP contribution in [0.25, 0.3) is 0 Å². The first-order valence-corrected chi connectivity index (χ1v) is 7.23. The summed E-state index contributed by atoms with van der Waals surface area (Å²) in [6, 6.07) is 5.74. The summed E-state index contributed by atoms with van der Waals surface area (Å²) in [4.78, 5) is 5.58. The molecule has 2 nitrogen and oxygen atoms in total. The van der Waals surface area contributed by atoms with E-state index in [-0.39, 0.29) is 6.04 Å². The van der Waals surface area contributed by atoms with Gasteiger partial charge in [-0.2, -0.15) is 0 Å². The van der Waals surface area contributed by atoms with E-state index in [0.717, 1.165) is 10.6 Å². The summed E-state index contributed by atoms with van der Waals surface area (Å²) < 4.78 is 0. The molecule has 1 heterocycles. The number of rotatable bonds is 4. The molecule has 0 bridgehead atoms. The van der Waals surface area contributed by atoms with E-state index in [1.165, 1.54) is 4.88 Å². The van der Waals surface area contributed by atoms with Gasteiger partial charge in [0.2, 0.25) is 0 Å². The van der Waals surface area contributed by atoms with Crippen molar-refractivity contribution in [1.29, 1.82) is 0 Å². The third kappa shape index (κ3) is 3.23. The lowest BCUT2D eigenvalue weighted by Gasteiger charge is -2.13. The second-order valence-corrected chi connectivity index (χ2v) is 6.19. The molecule has 0 spiro atoms. The summed E-state index contributed by atoms with van der Waals surface area (Å²) in [5.74, 6) is 0. The van der Waals surface area contributed by atoms with Crippen LogP contribution in [0.4, 0.5) is 0 Å². The van der Waals surface area contributed by atoms with Gasteiger partial charge >= 0.3 is 0 Å². The Morgan fingerprint density at radius 3 is 2.56 bits per heavy atom. The molecule has 0 aliphatic rings. The van der Waals surface area contributed by atoms with Crippen LogP contribution in [0.5, 0.6) is 0 Å². The maximum absolute atomic E-state index is 6.13. The number of nitrogens with one attached hydrogen (secondary N) is 1. The second kappa shape index (κ2) is 6.02. The molecule has 2 rings (SSSR count). The van der Waals surface area contributed by atoms with Crippen molar-refractivity contribution in [3.05, 3.63) is 49.9 Å². The van der Waals surface area contributed by atoms with Gasteiger partial charge in [0, 0.05) is 33.2 Å². The molecule has 96 valence electrons. The van der Waals surface area contributed by atoms with Crippen molar-refractivity contribution in [2.75, 3.05) is 0 Å². The Labute approximate surface area is 121 Å². The number of benzene rings is 1. The van der Waals surface area contributed by atoms with E-state index in [0.29, 0.717) is 16.6 Å². The first-order valence-electron chi connectivity index (χ1n) is 5.66. The Morgan fingerprint density at radius 2 is 2.00 bits per heavy atom. The molecule has 0 saturated carbocycles. The van der Waals surface area contributed by atoms with Crippen molar-refractivity contribution < 1.29 is 0 Å². The number of aromatic nitrogens is 1. The van der Waals surface area contributed by atoms with Crippen LogP contribution in [-0.2, 0) is 6.54 Å². The number of hydrogen-bond acceptors (Lipinski definition) is 3. The predicted octanol–water partition coefficient (Wildman–Crippen LogP) is 4.61. The van der Waals surface area contributed by atoms with Crippen LogP contribution in [0.2, 0.25) is 10.0 Å². The van der Waals surface area contributed by atoms with Gasteiger partial charge in [-0.1, -0.05) is 29.3 Å². The summed E-state index contributed by atoms with van der Waals surface area (Å²) in [6.07, 6.45) is 1.89. The number of hydrogen-bond donors (Lipinski definition) is 1. The van der Waals surface area contributed by atoms with Crippen LogP contribution in [0.3, 0.4) is 0 Å². The Morgan fingerprint density at radius 1 is 1.33 bits per heavy atom. The Balaban J connectivity index is 2.03. The van der Waals surface area contributed by atoms with Gasteiger partial charge in [0.05, 0.1) is 6.04 Å². The van der Waals surface area contributed by atoms with E-state index in [4.69, 9.17) is 23.2 Å². The maximum Gasteiger partial charge on any atom is 0.109 e. The summed E-state index contributed by atoms with van der Waals surface area (Å²) in [5, 5.41) is 5.85. The molecule has 1 aromatic carbocycles. The van der Waals surface area contributed by atoms with E-state index in [9.17, 15) is 0 Å². The monoisotopic (exact) mass is 300 g/mol. The molecule has 18 heavy (non-hydrogen) atoms. The molecule has 0 aliphatic heterocycles. The van der Waals surface area contributed by atoms with Crippen molar-refractivity contribution in [2.45, 2.75) is 26.4 Å². The number of halogens is 2. The van der Waals surface area contributed by atoms with E-state index >= 15 is 0 Å². The van der Waals surface area contributed by atoms with Gasteiger partial charge in [0.25, 0.3) is 0 Å². The molecular formula is C13H14Cl2N2S. The number of nitrogens with zero attached hydrogens (tertiary/aromatic N) is 1. The standard InChI is InChI=1S/C13H14Cl2N2S/c1-8-6-17-13(18-8)9(2)16-7-10-11(14)4-3-5-12(10)15/h3-6,9,16H,7H2,1-2H3. The summed E-state index contributed by atoms with van der Waals surface area (Å²) >= 11 is 14.0. The number of aryl methyl sites for hydroxylation is 1. The molecule has 0 aliphatic carbocycles. The minimum absolute atomic E-state index is 0.191. The van der Waals surface area contributed by atoms with Crippen LogP contribution in [-0.4, -0.2) is 4.98 Å². The second-order valence-electron chi connectivity index (χ2n) is 4.11. The first kappa shape index (κ1) is 13.8. The fourth-order valence-electron chi connectivity index (χ4n) is 1.62. The van der Waals surface area contributed by atoms with Crippen LogP contribution < -0.4 is 5.32 Å². The maximum atomic E-state index is 6.13. The van der Waals surface area contributed by atoms with Gasteiger partial charge in [-0.25, -0.2) is 4.98 Å². The Bertz CT molecular complexity index is 519. The van der Waals surface area contributed by atoms with Crippen LogP contribution in [0, 0.1) is 6.92 Å². The van der Waals surface area contributed by atoms with Gasteiger partial charge < -0.3 is 5.32 Å². The SMILES string of the molecule is Cc1cnc(C(C)NCc2c(Cl)cccc2Cl)s1. The molecule has 1 aromatic heterocycles. The minimum atomic E-state index is 0.191.